The van der Waals surface area contributed by atoms with Crippen LogP contribution in [0.3, 0.4) is 0 Å². The zero-order valence-corrected chi connectivity index (χ0v) is 47.3. The van der Waals surface area contributed by atoms with Gasteiger partial charge in [-0.3, -0.25) is 18.6 Å². The third-order valence-electron chi connectivity index (χ3n) is 12.5. The Labute approximate surface area is 443 Å². The Hall–Kier alpha value is -2.81. The van der Waals surface area contributed by atoms with Crippen LogP contribution in [0.1, 0.15) is 264 Å². The van der Waals surface area contributed by atoms with Crippen LogP contribution in [-0.4, -0.2) is 49.3 Å². The van der Waals surface area contributed by atoms with Gasteiger partial charge in [0.2, 0.25) is 0 Å². The normalized spacial score (nSPS) is 13.7. The Morgan fingerprint density at radius 3 is 1.15 bits per heavy atom. The topological polar surface area (TPSA) is 134 Å². The van der Waals surface area contributed by atoms with Crippen LogP contribution in [0.25, 0.3) is 0 Å². The van der Waals surface area contributed by atoms with E-state index in [1.165, 1.54) is 141 Å². The third kappa shape index (κ3) is 56.5. The highest BCUT2D eigenvalue weighted by molar-refractivity contribution is 7.47. The number of unbranched alkanes of at least 4 members (excludes halogenated alkanes) is 28. The minimum atomic E-state index is -4.39. The molecule has 416 valence electrons. The molecule has 2 unspecified atom stereocenters. The van der Waals surface area contributed by atoms with Gasteiger partial charge in [-0.2, -0.15) is 0 Å². The molecule has 0 rings (SSSR count). The Balaban J connectivity index is 3.94. The summed E-state index contributed by atoms with van der Waals surface area (Å²) < 4.78 is 33.0. The molecule has 10 heteroatoms. The van der Waals surface area contributed by atoms with Gasteiger partial charge in [-0.15, -0.1) is 0 Å². The summed E-state index contributed by atoms with van der Waals surface area (Å²) in [6.07, 6.45) is 75.0. The van der Waals surface area contributed by atoms with Crippen LogP contribution in [0.15, 0.2) is 85.1 Å². The Bertz CT molecular complexity index is 1450. The second kappa shape index (κ2) is 57.5. The van der Waals surface area contributed by atoms with Crippen molar-refractivity contribution in [3.8, 4) is 0 Å². The number of ether oxygens (including phenoxy) is 2. The maximum absolute atomic E-state index is 12.7. The molecule has 0 fully saturated rings. The van der Waals surface area contributed by atoms with E-state index in [0.29, 0.717) is 6.42 Å². The summed E-state index contributed by atoms with van der Waals surface area (Å²) >= 11 is 0. The van der Waals surface area contributed by atoms with Gasteiger partial charge in [-0.25, -0.2) is 4.57 Å². The predicted octanol–water partition coefficient (Wildman–Crippen LogP) is 18.7. The van der Waals surface area contributed by atoms with Gasteiger partial charge in [-0.1, -0.05) is 247 Å². The molecule has 0 aliphatic carbocycles. The smallest absolute Gasteiger partial charge is 0.462 e. The first-order chi connectivity index (χ1) is 35.3. The molecule has 0 aliphatic heterocycles. The fourth-order valence-corrected chi connectivity index (χ4v) is 8.93. The van der Waals surface area contributed by atoms with Crippen LogP contribution in [0.2, 0.25) is 0 Å². The maximum atomic E-state index is 12.7. The molecule has 0 bridgehead atoms. The fraction of sp³-hybridized carbons (Fsp3) is 0.742. The lowest BCUT2D eigenvalue weighted by Gasteiger charge is -2.19. The van der Waals surface area contributed by atoms with Crippen molar-refractivity contribution in [3.05, 3.63) is 85.1 Å². The summed E-state index contributed by atoms with van der Waals surface area (Å²) in [5.74, 6) is -0.829. The van der Waals surface area contributed by atoms with Gasteiger partial charge < -0.3 is 20.1 Å². The van der Waals surface area contributed by atoms with Gasteiger partial charge in [0.1, 0.15) is 6.61 Å². The molecule has 0 radical (unpaired) electrons. The van der Waals surface area contributed by atoms with Crippen LogP contribution in [0.5, 0.6) is 0 Å². The second-order valence-electron chi connectivity index (χ2n) is 19.5. The number of phosphoric ester groups is 1. The van der Waals surface area contributed by atoms with E-state index >= 15 is 0 Å². The highest BCUT2D eigenvalue weighted by atomic mass is 31.2. The lowest BCUT2D eigenvalue weighted by Crippen LogP contribution is -2.29. The summed E-state index contributed by atoms with van der Waals surface area (Å²) in [6.45, 7) is 3.64. The van der Waals surface area contributed by atoms with Crippen molar-refractivity contribution in [1.82, 2.24) is 0 Å². The van der Waals surface area contributed by atoms with E-state index in [-0.39, 0.29) is 38.6 Å². The van der Waals surface area contributed by atoms with Crippen LogP contribution < -0.4 is 5.73 Å². The summed E-state index contributed by atoms with van der Waals surface area (Å²) in [5.41, 5.74) is 5.38. The molecular weight excluding hydrogens is 918 g/mol. The van der Waals surface area contributed by atoms with Crippen molar-refractivity contribution >= 4 is 19.8 Å². The summed E-state index contributed by atoms with van der Waals surface area (Å²) in [5, 5.41) is 0. The standard InChI is InChI=1S/C62H110NO8P/c1-3-5-7-9-11-13-15-17-19-21-23-24-25-26-27-28-29-30-31-32-33-34-35-36-37-39-41-43-45-47-49-51-53-55-62(65)71-60(59-70-72(66,67)69-57-56-63)58-68-61(64)54-52-50-48-46-44-42-40-38-22-20-18-16-14-12-10-8-6-4-2/h5,7,11,13,17,19-20,22-24,26-27,29-30,60H,3-4,6,8-10,12,14-16,18,21,25,28,31-59,63H2,1-2H3,(H,66,67)/b7-5-,13-11-,19-17-,22-20-,24-23-,27-26-,30-29-. The predicted molar refractivity (Wildman–Crippen MR) is 307 cm³/mol. The highest BCUT2D eigenvalue weighted by Crippen LogP contribution is 2.43. The summed E-state index contributed by atoms with van der Waals surface area (Å²) in [7, 11) is -4.39. The first-order valence-corrected chi connectivity index (χ1v) is 31.1. The average molecular weight is 1030 g/mol. The zero-order valence-electron chi connectivity index (χ0n) is 46.4. The van der Waals surface area contributed by atoms with E-state index in [2.05, 4.69) is 98.9 Å². The molecule has 0 saturated carbocycles. The number of carbonyl (C=O) groups excluding carboxylic acids is 2. The Morgan fingerprint density at radius 1 is 0.431 bits per heavy atom. The molecule has 2 atom stereocenters. The van der Waals surface area contributed by atoms with Gasteiger partial charge in [0.15, 0.2) is 6.10 Å². The second-order valence-corrected chi connectivity index (χ2v) is 20.9. The number of rotatable bonds is 55. The first-order valence-electron chi connectivity index (χ1n) is 29.6. The first kappa shape index (κ1) is 69.2. The molecule has 72 heavy (non-hydrogen) atoms. The van der Waals surface area contributed by atoms with Crippen molar-refractivity contribution in [3.63, 3.8) is 0 Å². The van der Waals surface area contributed by atoms with Gasteiger partial charge in [0.25, 0.3) is 0 Å². The third-order valence-corrected chi connectivity index (χ3v) is 13.5. The van der Waals surface area contributed by atoms with E-state index in [9.17, 15) is 19.0 Å². The van der Waals surface area contributed by atoms with Gasteiger partial charge >= 0.3 is 19.8 Å². The van der Waals surface area contributed by atoms with Crippen molar-refractivity contribution in [2.75, 3.05) is 26.4 Å². The minimum Gasteiger partial charge on any atom is -0.462 e. The van der Waals surface area contributed by atoms with Crippen molar-refractivity contribution in [2.45, 2.75) is 270 Å². The molecule has 9 nitrogen and oxygen atoms in total. The van der Waals surface area contributed by atoms with Gasteiger partial charge in [0.05, 0.1) is 13.2 Å². The minimum absolute atomic E-state index is 0.0507. The number of hydrogen-bond donors (Lipinski definition) is 2. The number of phosphoric acid groups is 1. The molecule has 3 N–H and O–H groups in total. The lowest BCUT2D eigenvalue weighted by molar-refractivity contribution is -0.161. The monoisotopic (exact) mass is 1030 g/mol. The van der Waals surface area contributed by atoms with E-state index in [0.717, 1.165) is 89.9 Å². The van der Waals surface area contributed by atoms with Crippen molar-refractivity contribution in [1.29, 1.82) is 0 Å². The number of hydrogen-bond acceptors (Lipinski definition) is 8. The van der Waals surface area contributed by atoms with E-state index in [1.807, 2.05) is 0 Å². The summed E-state index contributed by atoms with van der Waals surface area (Å²) in [4.78, 5) is 35.2. The van der Waals surface area contributed by atoms with Crippen molar-refractivity contribution in [2.24, 2.45) is 5.73 Å². The highest BCUT2D eigenvalue weighted by Gasteiger charge is 2.26. The quantitative estimate of drug-likeness (QED) is 0.0264. The summed E-state index contributed by atoms with van der Waals surface area (Å²) in [6, 6.07) is 0. The molecule has 0 aromatic heterocycles. The largest absolute Gasteiger partial charge is 0.472 e. The van der Waals surface area contributed by atoms with Crippen LogP contribution in [-0.2, 0) is 32.7 Å². The molecular formula is C62H110NO8P. The van der Waals surface area contributed by atoms with Crippen LogP contribution >= 0.6 is 7.82 Å². The maximum Gasteiger partial charge on any atom is 0.472 e. The Kier molecular flexibility index (Phi) is 55.2. The zero-order chi connectivity index (χ0) is 52.4. The van der Waals surface area contributed by atoms with E-state index < -0.39 is 26.5 Å². The van der Waals surface area contributed by atoms with Crippen molar-refractivity contribution < 1.29 is 37.6 Å². The average Bonchev–Trinajstić information content (AvgIpc) is 3.37. The van der Waals surface area contributed by atoms with Crippen LogP contribution in [0, 0.1) is 0 Å². The number of nitrogens with two attached hydrogens (primary N) is 1. The molecule has 0 saturated heterocycles. The molecule has 0 amide bonds. The van der Waals surface area contributed by atoms with E-state index in [4.69, 9.17) is 24.3 Å². The molecule has 0 spiro atoms. The SMILES string of the molecule is CC/C=C\C/C=C\C/C=C\C/C=C\C/C=C\C/C=C\CCCCCCCCCCCCCCCCC(=O)OC(COC(=O)CCCCCCCCC/C=C\CCCCCCCCC)COP(=O)(O)OCCN. The number of esters is 2. The molecule has 0 heterocycles. The Morgan fingerprint density at radius 2 is 0.764 bits per heavy atom. The molecule has 0 aromatic carbocycles. The number of allylic oxidation sites excluding steroid dienone is 14. The lowest BCUT2D eigenvalue weighted by atomic mass is 10.0. The number of carbonyl (C=O) groups is 2. The molecule has 0 aromatic rings. The van der Waals surface area contributed by atoms with E-state index in [1.54, 1.807) is 0 Å². The van der Waals surface area contributed by atoms with Crippen LogP contribution in [0.4, 0.5) is 0 Å². The molecule has 0 aliphatic rings. The fourth-order valence-electron chi connectivity index (χ4n) is 8.16. The van der Waals surface area contributed by atoms with Gasteiger partial charge in [0, 0.05) is 19.4 Å². The van der Waals surface area contributed by atoms with Gasteiger partial charge in [-0.05, 0) is 89.9 Å².